The highest BCUT2D eigenvalue weighted by Crippen LogP contribution is 2.43. The summed E-state index contributed by atoms with van der Waals surface area (Å²) in [4.78, 5) is 12.2. The molecule has 0 atom stereocenters. The normalized spacial score (nSPS) is 12.0. The first-order chi connectivity index (χ1) is 13.3. The molecule has 3 aromatic carbocycles. The molecule has 2 N–H and O–H groups in total. The predicted molar refractivity (Wildman–Crippen MR) is 114 cm³/mol. The number of rotatable bonds is 4. The molecular formula is C23H19Cl2NO2. The largest absolute Gasteiger partial charge is 0.491 e. The second kappa shape index (κ2) is 7.16. The molecule has 28 heavy (non-hydrogen) atoms. The van der Waals surface area contributed by atoms with Crippen molar-refractivity contribution in [2.24, 2.45) is 5.73 Å². The standard InChI is InChI=1S/C23H19Cl2NO2/c1-12(2)28-16-5-3-14-7-19-18(17(14)11-16)8-15(9-20(19)23(26)27)13-4-6-21(24)22(25)10-13/h3-6,8-12H,7H2,1-2H3,(H2,26,27). The monoisotopic (exact) mass is 411 g/mol. The van der Waals surface area contributed by atoms with Crippen LogP contribution < -0.4 is 10.5 Å². The number of halogens is 2. The van der Waals surface area contributed by atoms with Crippen LogP contribution in [0.25, 0.3) is 22.3 Å². The van der Waals surface area contributed by atoms with E-state index < -0.39 is 5.91 Å². The van der Waals surface area contributed by atoms with Gasteiger partial charge >= 0.3 is 0 Å². The van der Waals surface area contributed by atoms with Crippen LogP contribution in [0.1, 0.15) is 35.3 Å². The molecule has 0 fully saturated rings. The molecule has 0 heterocycles. The zero-order chi connectivity index (χ0) is 20.0. The van der Waals surface area contributed by atoms with Gasteiger partial charge in [0, 0.05) is 5.56 Å². The zero-order valence-corrected chi connectivity index (χ0v) is 17.1. The average molecular weight is 412 g/mol. The van der Waals surface area contributed by atoms with Gasteiger partial charge < -0.3 is 10.5 Å². The Hall–Kier alpha value is -2.49. The third-order valence-electron chi connectivity index (χ3n) is 4.88. The van der Waals surface area contributed by atoms with Crippen LogP contribution in [0.4, 0.5) is 0 Å². The summed E-state index contributed by atoms with van der Waals surface area (Å²) in [7, 11) is 0. The number of carbonyl (C=O) groups excluding carboxylic acids is 1. The first kappa shape index (κ1) is 18.9. The molecule has 3 nitrogen and oxygen atoms in total. The Morgan fingerprint density at radius 2 is 1.75 bits per heavy atom. The van der Waals surface area contributed by atoms with Gasteiger partial charge in [-0.3, -0.25) is 4.79 Å². The molecule has 0 spiro atoms. The molecule has 0 aliphatic heterocycles. The lowest BCUT2D eigenvalue weighted by atomic mass is 9.94. The molecular weight excluding hydrogens is 393 g/mol. The Balaban J connectivity index is 1.90. The van der Waals surface area contributed by atoms with Crippen molar-refractivity contribution < 1.29 is 9.53 Å². The Morgan fingerprint density at radius 3 is 2.43 bits per heavy atom. The Kier molecular flexibility index (Phi) is 4.82. The quantitative estimate of drug-likeness (QED) is 0.439. The molecule has 142 valence electrons. The van der Waals surface area contributed by atoms with Gasteiger partial charge in [-0.1, -0.05) is 35.3 Å². The lowest BCUT2D eigenvalue weighted by Crippen LogP contribution is -2.13. The summed E-state index contributed by atoms with van der Waals surface area (Å²) >= 11 is 12.2. The van der Waals surface area contributed by atoms with E-state index in [0.29, 0.717) is 22.0 Å². The SMILES string of the molecule is CC(C)Oc1ccc2c(c1)-c1cc(-c3ccc(Cl)c(Cl)c3)cc(C(N)=O)c1C2. The Bertz CT molecular complexity index is 1110. The molecule has 0 aromatic heterocycles. The van der Waals surface area contributed by atoms with E-state index in [9.17, 15) is 4.79 Å². The number of nitrogens with two attached hydrogens (primary N) is 1. The fourth-order valence-corrected chi connectivity index (χ4v) is 3.96. The van der Waals surface area contributed by atoms with Crippen LogP contribution in [0.3, 0.4) is 0 Å². The highest BCUT2D eigenvalue weighted by molar-refractivity contribution is 6.42. The summed E-state index contributed by atoms with van der Waals surface area (Å²) in [6.07, 6.45) is 0.759. The molecule has 3 aromatic rings. The van der Waals surface area contributed by atoms with Gasteiger partial charge in [-0.15, -0.1) is 0 Å². The maximum atomic E-state index is 12.2. The molecule has 5 heteroatoms. The van der Waals surface area contributed by atoms with Crippen molar-refractivity contribution in [3.63, 3.8) is 0 Å². The summed E-state index contributed by atoms with van der Waals surface area (Å²) in [5.74, 6) is 0.367. The van der Waals surface area contributed by atoms with E-state index in [4.69, 9.17) is 33.7 Å². The number of fused-ring (bicyclic) bond motifs is 3. The molecule has 4 rings (SSSR count). The second-order valence-corrected chi connectivity index (χ2v) is 8.02. The highest BCUT2D eigenvalue weighted by atomic mass is 35.5. The van der Waals surface area contributed by atoms with Crippen molar-refractivity contribution >= 4 is 29.1 Å². The van der Waals surface area contributed by atoms with Gasteiger partial charge in [0.05, 0.1) is 16.1 Å². The number of ether oxygens (including phenoxy) is 1. The van der Waals surface area contributed by atoms with E-state index in [1.807, 2.05) is 38.1 Å². The van der Waals surface area contributed by atoms with E-state index in [1.165, 1.54) is 0 Å². The van der Waals surface area contributed by atoms with E-state index >= 15 is 0 Å². The van der Waals surface area contributed by atoms with Gasteiger partial charge in [0.1, 0.15) is 5.75 Å². The minimum absolute atomic E-state index is 0.0858. The van der Waals surface area contributed by atoms with Crippen LogP contribution in [0.5, 0.6) is 5.75 Å². The van der Waals surface area contributed by atoms with Crippen molar-refractivity contribution in [2.75, 3.05) is 0 Å². The van der Waals surface area contributed by atoms with Crippen LogP contribution in [0, 0.1) is 0 Å². The van der Waals surface area contributed by atoms with Gasteiger partial charge in [0.15, 0.2) is 0 Å². The average Bonchev–Trinajstić information content (AvgIpc) is 3.00. The highest BCUT2D eigenvalue weighted by Gasteiger charge is 2.25. The van der Waals surface area contributed by atoms with E-state index in [2.05, 4.69) is 12.1 Å². The Labute approximate surface area is 174 Å². The van der Waals surface area contributed by atoms with Crippen LogP contribution in [0.15, 0.2) is 48.5 Å². The van der Waals surface area contributed by atoms with Gasteiger partial charge in [-0.2, -0.15) is 0 Å². The third kappa shape index (κ3) is 3.36. The van der Waals surface area contributed by atoms with Crippen molar-refractivity contribution in [2.45, 2.75) is 26.4 Å². The van der Waals surface area contributed by atoms with Crippen molar-refractivity contribution in [3.8, 4) is 28.0 Å². The van der Waals surface area contributed by atoms with Gasteiger partial charge in [-0.05, 0) is 90.0 Å². The molecule has 0 saturated carbocycles. The zero-order valence-electron chi connectivity index (χ0n) is 15.6. The number of hydrogen-bond donors (Lipinski definition) is 1. The first-order valence-electron chi connectivity index (χ1n) is 9.05. The van der Waals surface area contributed by atoms with E-state index in [1.54, 1.807) is 12.1 Å². The van der Waals surface area contributed by atoms with Gasteiger partial charge in [0.2, 0.25) is 5.91 Å². The minimum atomic E-state index is -0.440. The fraction of sp³-hybridized carbons (Fsp3) is 0.174. The molecule has 0 radical (unpaired) electrons. The van der Waals surface area contributed by atoms with Crippen molar-refractivity contribution in [1.29, 1.82) is 0 Å². The smallest absolute Gasteiger partial charge is 0.249 e. The summed E-state index contributed by atoms with van der Waals surface area (Å²) < 4.78 is 5.85. The maximum Gasteiger partial charge on any atom is 0.249 e. The van der Waals surface area contributed by atoms with E-state index in [0.717, 1.165) is 39.1 Å². The summed E-state index contributed by atoms with van der Waals surface area (Å²) in [5.41, 5.74) is 12.2. The lowest BCUT2D eigenvalue weighted by Gasteiger charge is -2.13. The summed E-state index contributed by atoms with van der Waals surface area (Å²) in [6, 6.07) is 15.4. The lowest BCUT2D eigenvalue weighted by molar-refractivity contribution is 0.0999. The number of carbonyl (C=O) groups is 1. The summed E-state index contributed by atoms with van der Waals surface area (Å²) in [6.45, 7) is 3.99. The van der Waals surface area contributed by atoms with Gasteiger partial charge in [0.25, 0.3) is 0 Å². The predicted octanol–water partition coefficient (Wildman–Crippen LogP) is 6.12. The molecule has 0 saturated heterocycles. The topological polar surface area (TPSA) is 52.3 Å². The first-order valence-corrected chi connectivity index (χ1v) is 9.81. The molecule has 1 aliphatic carbocycles. The summed E-state index contributed by atoms with van der Waals surface area (Å²) in [5, 5.41) is 0.954. The van der Waals surface area contributed by atoms with Gasteiger partial charge in [-0.25, -0.2) is 0 Å². The molecule has 0 unspecified atom stereocenters. The number of amides is 1. The molecule has 1 aliphatic rings. The number of benzene rings is 3. The molecule has 0 bridgehead atoms. The van der Waals surface area contributed by atoms with Crippen LogP contribution in [-0.4, -0.2) is 12.0 Å². The second-order valence-electron chi connectivity index (χ2n) is 7.21. The van der Waals surface area contributed by atoms with Crippen molar-refractivity contribution in [1.82, 2.24) is 0 Å². The molecule has 1 amide bonds. The fourth-order valence-electron chi connectivity index (χ4n) is 3.66. The number of primary amides is 1. The van der Waals surface area contributed by atoms with E-state index in [-0.39, 0.29) is 6.10 Å². The van der Waals surface area contributed by atoms with Crippen LogP contribution >= 0.6 is 23.2 Å². The van der Waals surface area contributed by atoms with Crippen LogP contribution in [0.2, 0.25) is 10.0 Å². The van der Waals surface area contributed by atoms with Crippen LogP contribution in [-0.2, 0) is 6.42 Å². The minimum Gasteiger partial charge on any atom is -0.491 e. The Morgan fingerprint density at radius 1 is 0.964 bits per heavy atom. The van der Waals surface area contributed by atoms with Crippen molar-refractivity contribution in [3.05, 3.63) is 75.3 Å². The maximum absolute atomic E-state index is 12.2. The number of hydrogen-bond acceptors (Lipinski definition) is 2. The third-order valence-corrected chi connectivity index (χ3v) is 5.62.